The second-order valence-corrected chi connectivity index (χ2v) is 7.14. The molecule has 0 aromatic carbocycles. The number of aliphatic carboxylic acids is 3. The number of carboxylic acids is 3. The van der Waals surface area contributed by atoms with E-state index in [9.17, 15) is 14.4 Å². The molecule has 0 amide bonds. The minimum Gasteiger partial charge on any atom is -0.481 e. The van der Waals surface area contributed by atoms with Crippen molar-refractivity contribution >= 4 is 30.3 Å². The molecule has 1 aliphatic carbocycles. The Morgan fingerprint density at radius 1 is 0.750 bits per heavy atom. The highest BCUT2D eigenvalue weighted by Gasteiger charge is 2.24. The third kappa shape index (κ3) is 11.8. The van der Waals surface area contributed by atoms with Gasteiger partial charge in [-0.15, -0.1) is 0 Å². The van der Waals surface area contributed by atoms with E-state index >= 15 is 0 Å². The molecule has 9 heteroatoms. The Morgan fingerprint density at radius 2 is 1.14 bits per heavy atom. The van der Waals surface area contributed by atoms with Crippen LogP contribution in [0.3, 0.4) is 0 Å². The summed E-state index contributed by atoms with van der Waals surface area (Å²) in [7, 11) is 0. The molecule has 28 heavy (non-hydrogen) atoms. The molecule has 0 bridgehead atoms. The first-order valence-electron chi connectivity index (χ1n) is 9.47. The lowest BCUT2D eigenvalue weighted by molar-refractivity contribution is -0.139. The van der Waals surface area contributed by atoms with Gasteiger partial charge < -0.3 is 15.3 Å². The molecule has 1 heterocycles. The number of aliphatic imine (C=N–C) groups is 1. The van der Waals surface area contributed by atoms with Gasteiger partial charge in [0.1, 0.15) is 0 Å². The van der Waals surface area contributed by atoms with Gasteiger partial charge in [0.25, 0.3) is 0 Å². The topological polar surface area (TPSA) is 149 Å². The molecule has 2 aliphatic rings. The van der Waals surface area contributed by atoms with Crippen LogP contribution in [0, 0.1) is 17.8 Å². The molecule has 0 spiro atoms. The molecule has 1 saturated carbocycles. The Hall–Kier alpha value is -2.71. The summed E-state index contributed by atoms with van der Waals surface area (Å²) < 4.78 is 0. The molecule has 0 aromatic heterocycles. The molecule has 9 nitrogen and oxygen atoms in total. The maximum atomic E-state index is 10.9. The SMILES string of the molecule is C1=CNN=CC=N1.O=C(O)CC1CCC(CC(=O)O)CCC(CC(=O)O)CC1. The van der Waals surface area contributed by atoms with Gasteiger partial charge in [0, 0.05) is 37.9 Å². The predicted octanol–water partition coefficient (Wildman–Crippen LogP) is 2.73. The molecule has 0 saturated heterocycles. The van der Waals surface area contributed by atoms with Crippen LogP contribution >= 0.6 is 0 Å². The van der Waals surface area contributed by atoms with Crippen LogP contribution in [-0.4, -0.2) is 45.7 Å². The number of hydrogen-bond acceptors (Lipinski definition) is 6. The van der Waals surface area contributed by atoms with E-state index in [1.807, 2.05) is 0 Å². The first kappa shape index (κ1) is 23.3. The fourth-order valence-electron chi connectivity index (χ4n) is 3.48. The van der Waals surface area contributed by atoms with Gasteiger partial charge in [0.05, 0.1) is 6.21 Å². The van der Waals surface area contributed by atoms with Crippen LogP contribution in [0.25, 0.3) is 0 Å². The van der Waals surface area contributed by atoms with Crippen molar-refractivity contribution in [2.45, 2.75) is 57.8 Å². The van der Waals surface area contributed by atoms with Gasteiger partial charge in [-0.1, -0.05) is 0 Å². The molecule has 1 fully saturated rings. The highest BCUT2D eigenvalue weighted by atomic mass is 16.4. The van der Waals surface area contributed by atoms with Crippen LogP contribution in [0.4, 0.5) is 0 Å². The monoisotopic (exact) mass is 395 g/mol. The minimum absolute atomic E-state index is 0.0215. The molecule has 0 radical (unpaired) electrons. The van der Waals surface area contributed by atoms with Gasteiger partial charge in [-0.2, -0.15) is 5.10 Å². The van der Waals surface area contributed by atoms with Crippen molar-refractivity contribution in [3.05, 3.63) is 12.4 Å². The summed E-state index contributed by atoms with van der Waals surface area (Å²) in [5.41, 5.74) is 2.61. The van der Waals surface area contributed by atoms with Crippen LogP contribution in [-0.2, 0) is 14.4 Å². The van der Waals surface area contributed by atoms with E-state index in [0.717, 1.165) is 0 Å². The molecule has 1 aliphatic heterocycles. The highest BCUT2D eigenvalue weighted by Crippen LogP contribution is 2.32. The number of rotatable bonds is 6. The minimum atomic E-state index is -0.844. The molecular weight excluding hydrogens is 366 g/mol. The summed E-state index contributed by atoms with van der Waals surface area (Å²) in [6, 6.07) is 0. The lowest BCUT2D eigenvalue weighted by Gasteiger charge is -2.16. The van der Waals surface area contributed by atoms with Crippen molar-refractivity contribution in [2.75, 3.05) is 0 Å². The fraction of sp³-hybridized carbons (Fsp3) is 0.632. The molecule has 0 aromatic rings. The molecule has 0 atom stereocenters. The van der Waals surface area contributed by atoms with E-state index in [-0.39, 0.29) is 37.0 Å². The normalized spacial score (nSPS) is 24.4. The van der Waals surface area contributed by atoms with Gasteiger partial charge in [-0.25, -0.2) is 0 Å². The average Bonchev–Trinajstić information content (AvgIpc) is 2.89. The second kappa shape index (κ2) is 13.5. The zero-order valence-corrected chi connectivity index (χ0v) is 15.9. The summed E-state index contributed by atoms with van der Waals surface area (Å²) in [5, 5.41) is 30.5. The average molecular weight is 395 g/mol. The Balaban J connectivity index is 0.000000467. The van der Waals surface area contributed by atoms with E-state index in [1.165, 1.54) is 0 Å². The predicted molar refractivity (Wildman–Crippen MR) is 104 cm³/mol. The van der Waals surface area contributed by atoms with E-state index < -0.39 is 17.9 Å². The summed E-state index contributed by atoms with van der Waals surface area (Å²) in [5.74, 6) is -2.47. The maximum Gasteiger partial charge on any atom is 0.303 e. The van der Waals surface area contributed by atoms with Gasteiger partial charge in [-0.05, 0) is 56.3 Å². The molecular formula is C19H29N3O6. The first-order chi connectivity index (χ1) is 13.4. The lowest BCUT2D eigenvalue weighted by atomic mass is 9.89. The van der Waals surface area contributed by atoms with E-state index in [0.29, 0.717) is 38.5 Å². The number of nitrogens with zero attached hydrogens (tertiary/aromatic N) is 2. The van der Waals surface area contributed by atoms with Crippen molar-refractivity contribution in [3.63, 3.8) is 0 Å². The zero-order chi connectivity index (χ0) is 20.8. The van der Waals surface area contributed by atoms with Crippen LogP contribution in [0.2, 0.25) is 0 Å². The van der Waals surface area contributed by atoms with Crippen molar-refractivity contribution < 1.29 is 29.7 Å². The number of hydrazone groups is 1. The summed E-state index contributed by atoms with van der Waals surface area (Å²) in [4.78, 5) is 36.4. The van der Waals surface area contributed by atoms with Gasteiger partial charge in [0.15, 0.2) is 0 Å². The summed E-state index contributed by atoms with van der Waals surface area (Å²) in [6.45, 7) is 0. The smallest absolute Gasteiger partial charge is 0.303 e. The Morgan fingerprint density at radius 3 is 1.50 bits per heavy atom. The van der Waals surface area contributed by atoms with Crippen LogP contribution in [0.15, 0.2) is 22.5 Å². The first-order valence-corrected chi connectivity index (χ1v) is 9.47. The summed E-state index contributed by atoms with van der Waals surface area (Å²) >= 11 is 0. The van der Waals surface area contributed by atoms with Crippen molar-refractivity contribution in [1.29, 1.82) is 0 Å². The van der Waals surface area contributed by atoms with Gasteiger partial charge in [-0.3, -0.25) is 24.8 Å². The van der Waals surface area contributed by atoms with Gasteiger partial charge >= 0.3 is 17.9 Å². The molecule has 156 valence electrons. The zero-order valence-electron chi connectivity index (χ0n) is 15.9. The Bertz CT molecular complexity index is 519. The standard InChI is InChI=1S/C15H24O6.C4H5N3/c16-13(17)7-10-1-2-11(8-14(18)19)5-6-12(4-3-10)9-15(20)21;1-3-6-7-4-2-5-1/h10-12H,1-9H2,(H,16,17)(H,18,19)(H,20,21);1-4,6H. The molecule has 2 rings (SSSR count). The number of carbonyl (C=O) groups is 3. The molecule has 0 unspecified atom stereocenters. The highest BCUT2D eigenvalue weighted by molar-refractivity contribution is 6.16. The maximum absolute atomic E-state index is 10.9. The largest absolute Gasteiger partial charge is 0.481 e. The van der Waals surface area contributed by atoms with Crippen LogP contribution in [0.5, 0.6) is 0 Å². The second-order valence-electron chi connectivity index (χ2n) is 7.14. The fourth-order valence-corrected chi connectivity index (χ4v) is 3.48. The van der Waals surface area contributed by atoms with Crippen molar-refractivity contribution in [1.82, 2.24) is 5.43 Å². The van der Waals surface area contributed by atoms with Crippen LogP contribution in [0.1, 0.15) is 57.8 Å². The Labute approximate surface area is 164 Å². The molecule has 4 N–H and O–H groups in total. The Kier molecular flexibility index (Phi) is 11.2. The number of hydrogen-bond donors (Lipinski definition) is 4. The quantitative estimate of drug-likeness (QED) is 0.540. The van der Waals surface area contributed by atoms with Crippen LogP contribution < -0.4 is 5.43 Å². The third-order valence-electron chi connectivity index (χ3n) is 4.88. The number of nitrogens with one attached hydrogen (secondary N) is 1. The van der Waals surface area contributed by atoms with E-state index in [4.69, 9.17) is 15.3 Å². The van der Waals surface area contributed by atoms with Crippen molar-refractivity contribution in [3.8, 4) is 0 Å². The summed E-state index contributed by atoms with van der Waals surface area (Å²) in [6.07, 6.45) is 11.0. The lowest BCUT2D eigenvalue weighted by Crippen LogP contribution is -2.11. The number of carboxylic acid groups (broad SMARTS) is 3. The van der Waals surface area contributed by atoms with E-state index in [2.05, 4.69) is 15.5 Å². The third-order valence-corrected chi connectivity index (χ3v) is 4.88. The van der Waals surface area contributed by atoms with Gasteiger partial charge in [0.2, 0.25) is 0 Å². The van der Waals surface area contributed by atoms with E-state index in [1.54, 1.807) is 24.8 Å². The van der Waals surface area contributed by atoms with Crippen molar-refractivity contribution in [2.24, 2.45) is 27.8 Å².